The van der Waals surface area contributed by atoms with Gasteiger partial charge < -0.3 is 19.7 Å². The lowest BCUT2D eigenvalue weighted by Gasteiger charge is -2.29. The minimum Gasteiger partial charge on any atom is -0.490 e. The summed E-state index contributed by atoms with van der Waals surface area (Å²) in [5.74, 6) is 0.486. The molecule has 2 saturated heterocycles. The van der Waals surface area contributed by atoms with Gasteiger partial charge >= 0.3 is 0 Å². The Morgan fingerprint density at radius 3 is 2.22 bits per heavy atom. The van der Waals surface area contributed by atoms with E-state index < -0.39 is 10.0 Å². The van der Waals surface area contributed by atoms with Crippen molar-refractivity contribution in [1.29, 1.82) is 0 Å². The van der Waals surface area contributed by atoms with Crippen LogP contribution in [-0.2, 0) is 14.8 Å². The second-order valence-corrected chi connectivity index (χ2v) is 10.1. The molecule has 9 heteroatoms. The van der Waals surface area contributed by atoms with Gasteiger partial charge in [0.15, 0.2) is 0 Å². The van der Waals surface area contributed by atoms with Gasteiger partial charge in [-0.25, -0.2) is 8.42 Å². The summed E-state index contributed by atoms with van der Waals surface area (Å²) in [6.07, 6.45) is 2.23. The smallest absolute Gasteiger partial charge is 0.255 e. The number of amides is 1. The van der Waals surface area contributed by atoms with Crippen LogP contribution in [0.4, 0.5) is 5.69 Å². The second-order valence-electron chi connectivity index (χ2n) is 8.14. The van der Waals surface area contributed by atoms with Gasteiger partial charge in [0.2, 0.25) is 10.0 Å². The van der Waals surface area contributed by atoms with Gasteiger partial charge in [0, 0.05) is 37.4 Å². The quantitative estimate of drug-likeness (QED) is 0.714. The van der Waals surface area contributed by atoms with E-state index in [4.69, 9.17) is 9.47 Å². The summed E-state index contributed by atoms with van der Waals surface area (Å²) in [5.41, 5.74) is 1.04. The number of rotatable bonds is 6. The van der Waals surface area contributed by atoms with E-state index in [0.29, 0.717) is 37.6 Å². The predicted molar refractivity (Wildman–Crippen MR) is 122 cm³/mol. The molecule has 0 atom stereocenters. The van der Waals surface area contributed by atoms with Crippen molar-refractivity contribution in [1.82, 2.24) is 9.21 Å². The maximum atomic E-state index is 12.7. The molecular formula is C23H29N3O5S. The maximum Gasteiger partial charge on any atom is 0.255 e. The fraction of sp³-hybridized carbons (Fsp3) is 0.435. The molecule has 0 spiro atoms. The molecule has 0 aromatic heterocycles. The number of ether oxygens (including phenoxy) is 2. The summed E-state index contributed by atoms with van der Waals surface area (Å²) in [5, 5.41) is 2.84. The van der Waals surface area contributed by atoms with E-state index in [9.17, 15) is 13.2 Å². The predicted octanol–water partition coefficient (Wildman–Crippen LogP) is 2.43. The largest absolute Gasteiger partial charge is 0.490 e. The molecule has 1 N–H and O–H groups in total. The van der Waals surface area contributed by atoms with Gasteiger partial charge in [0.25, 0.3) is 5.91 Å². The number of morpholine rings is 1. The molecule has 0 aliphatic carbocycles. The van der Waals surface area contributed by atoms with E-state index in [1.807, 2.05) is 12.1 Å². The zero-order chi connectivity index (χ0) is 22.6. The Hall–Kier alpha value is -2.46. The van der Waals surface area contributed by atoms with Crippen LogP contribution in [-0.4, -0.2) is 76.1 Å². The SMILES string of the molecule is CN1CCC(Oc2ccc(NC(=O)c3ccc(S(=O)(=O)N4CCOCC4)cc3)cc2)CC1. The Labute approximate surface area is 189 Å². The van der Waals surface area contributed by atoms with E-state index in [-0.39, 0.29) is 16.9 Å². The molecule has 2 heterocycles. The molecule has 2 aromatic carbocycles. The number of hydrogen-bond donors (Lipinski definition) is 1. The summed E-state index contributed by atoms with van der Waals surface area (Å²) >= 11 is 0. The molecule has 1 amide bonds. The average molecular weight is 460 g/mol. The number of benzene rings is 2. The number of likely N-dealkylation sites (tertiary alicyclic amines) is 1. The number of sulfonamides is 1. The van der Waals surface area contributed by atoms with Crippen molar-refractivity contribution in [2.75, 3.05) is 51.8 Å². The van der Waals surface area contributed by atoms with Crippen LogP contribution in [0.15, 0.2) is 53.4 Å². The third kappa shape index (κ3) is 5.47. The normalized spacial score (nSPS) is 18.9. The molecular weight excluding hydrogens is 430 g/mol. The lowest BCUT2D eigenvalue weighted by Crippen LogP contribution is -2.40. The fourth-order valence-corrected chi connectivity index (χ4v) is 5.24. The van der Waals surface area contributed by atoms with E-state index >= 15 is 0 Å². The lowest BCUT2D eigenvalue weighted by atomic mass is 10.1. The molecule has 4 rings (SSSR count). The number of anilines is 1. The molecule has 2 aromatic rings. The Bertz CT molecular complexity index is 1010. The first-order valence-corrected chi connectivity index (χ1v) is 12.3. The second kappa shape index (κ2) is 9.99. The number of nitrogens with zero attached hydrogens (tertiary/aromatic N) is 2. The fourth-order valence-electron chi connectivity index (χ4n) is 3.83. The van der Waals surface area contributed by atoms with Gasteiger partial charge in [-0.3, -0.25) is 4.79 Å². The van der Waals surface area contributed by atoms with Crippen LogP contribution in [0.1, 0.15) is 23.2 Å². The minimum atomic E-state index is -3.58. The third-order valence-corrected chi connectivity index (χ3v) is 7.72. The van der Waals surface area contributed by atoms with Crippen LogP contribution in [0.25, 0.3) is 0 Å². The van der Waals surface area contributed by atoms with Crippen LogP contribution < -0.4 is 10.1 Å². The number of piperidine rings is 1. The van der Waals surface area contributed by atoms with Crippen molar-refractivity contribution in [3.63, 3.8) is 0 Å². The van der Waals surface area contributed by atoms with Crippen molar-refractivity contribution >= 4 is 21.6 Å². The van der Waals surface area contributed by atoms with E-state index in [1.165, 1.54) is 28.6 Å². The van der Waals surface area contributed by atoms with E-state index in [0.717, 1.165) is 31.7 Å². The molecule has 172 valence electrons. The third-order valence-electron chi connectivity index (χ3n) is 5.80. The van der Waals surface area contributed by atoms with Crippen molar-refractivity contribution in [3.8, 4) is 5.75 Å². The van der Waals surface area contributed by atoms with Gasteiger partial charge in [-0.2, -0.15) is 4.31 Å². The van der Waals surface area contributed by atoms with Crippen LogP contribution in [0, 0.1) is 0 Å². The molecule has 2 fully saturated rings. The van der Waals surface area contributed by atoms with Crippen molar-refractivity contribution in [3.05, 3.63) is 54.1 Å². The monoisotopic (exact) mass is 459 g/mol. The van der Waals surface area contributed by atoms with Crippen LogP contribution in [0.2, 0.25) is 0 Å². The molecule has 2 aliphatic rings. The van der Waals surface area contributed by atoms with Crippen molar-refractivity contribution < 1.29 is 22.7 Å². The summed E-state index contributed by atoms with van der Waals surface area (Å²) < 4.78 is 38.1. The topological polar surface area (TPSA) is 88.2 Å². The highest BCUT2D eigenvalue weighted by molar-refractivity contribution is 7.89. The molecule has 0 unspecified atom stereocenters. The Balaban J connectivity index is 1.34. The zero-order valence-electron chi connectivity index (χ0n) is 18.2. The Morgan fingerprint density at radius 1 is 0.969 bits per heavy atom. The highest BCUT2D eigenvalue weighted by Gasteiger charge is 2.26. The molecule has 32 heavy (non-hydrogen) atoms. The average Bonchev–Trinajstić information content (AvgIpc) is 2.82. The van der Waals surface area contributed by atoms with Gasteiger partial charge in [0.05, 0.1) is 18.1 Å². The number of carbonyl (C=O) groups excluding carboxylic acids is 1. The molecule has 0 saturated carbocycles. The highest BCUT2D eigenvalue weighted by atomic mass is 32.2. The summed E-state index contributed by atoms with van der Waals surface area (Å²) in [6.45, 7) is 3.52. The lowest BCUT2D eigenvalue weighted by molar-refractivity contribution is 0.0730. The summed E-state index contributed by atoms with van der Waals surface area (Å²) in [6, 6.07) is 13.3. The highest BCUT2D eigenvalue weighted by Crippen LogP contribution is 2.22. The standard InChI is InChI=1S/C23H29N3O5S/c1-25-12-10-21(11-13-25)31-20-6-4-19(5-7-20)24-23(27)18-2-8-22(9-3-18)32(28,29)26-14-16-30-17-15-26/h2-9,21H,10-17H2,1H3,(H,24,27). The molecule has 0 bridgehead atoms. The van der Waals surface area contributed by atoms with Gasteiger partial charge in [-0.15, -0.1) is 0 Å². The van der Waals surface area contributed by atoms with Crippen molar-refractivity contribution in [2.24, 2.45) is 0 Å². The van der Waals surface area contributed by atoms with Crippen molar-refractivity contribution in [2.45, 2.75) is 23.8 Å². The van der Waals surface area contributed by atoms with Crippen LogP contribution >= 0.6 is 0 Å². The minimum absolute atomic E-state index is 0.173. The Morgan fingerprint density at radius 2 is 1.59 bits per heavy atom. The molecule has 0 radical (unpaired) electrons. The first-order chi connectivity index (χ1) is 15.4. The van der Waals surface area contributed by atoms with Gasteiger partial charge in [-0.05, 0) is 68.4 Å². The Kier molecular flexibility index (Phi) is 7.10. The van der Waals surface area contributed by atoms with E-state index in [2.05, 4.69) is 17.3 Å². The maximum absolute atomic E-state index is 12.7. The van der Waals surface area contributed by atoms with E-state index in [1.54, 1.807) is 12.1 Å². The van der Waals surface area contributed by atoms with Gasteiger partial charge in [0.1, 0.15) is 11.9 Å². The summed E-state index contributed by atoms with van der Waals surface area (Å²) in [4.78, 5) is 15.1. The summed E-state index contributed by atoms with van der Waals surface area (Å²) in [7, 11) is -1.46. The molecule has 8 nitrogen and oxygen atoms in total. The number of nitrogens with one attached hydrogen (secondary N) is 1. The van der Waals surface area contributed by atoms with Gasteiger partial charge in [-0.1, -0.05) is 0 Å². The number of hydrogen-bond acceptors (Lipinski definition) is 6. The van der Waals surface area contributed by atoms with Crippen LogP contribution in [0.3, 0.4) is 0 Å². The number of carbonyl (C=O) groups is 1. The first kappa shape index (κ1) is 22.7. The molecule has 2 aliphatic heterocycles. The van der Waals surface area contributed by atoms with Crippen LogP contribution in [0.5, 0.6) is 5.75 Å². The first-order valence-electron chi connectivity index (χ1n) is 10.9. The zero-order valence-corrected chi connectivity index (χ0v) is 19.0.